The zero-order valence-corrected chi connectivity index (χ0v) is 15.3. The summed E-state index contributed by atoms with van der Waals surface area (Å²) in [7, 11) is 0. The number of rotatable bonds is 2. The van der Waals surface area contributed by atoms with Crippen LogP contribution < -0.4 is 0 Å². The van der Waals surface area contributed by atoms with Gasteiger partial charge in [-0.2, -0.15) is 0 Å². The minimum atomic E-state index is 1.03. The van der Waals surface area contributed by atoms with E-state index >= 15 is 0 Å². The molecule has 0 amide bonds. The third-order valence-corrected chi connectivity index (χ3v) is 6.03. The van der Waals surface area contributed by atoms with E-state index in [0.29, 0.717) is 0 Å². The SMILES string of the molecule is Cc1ccccc1-c1cc(-c2ccc3c(c2)sc2ccccc23)ccn1. The highest BCUT2D eigenvalue weighted by Gasteiger charge is 2.08. The molecule has 0 saturated heterocycles. The van der Waals surface area contributed by atoms with Crippen LogP contribution in [0, 0.1) is 6.92 Å². The lowest BCUT2D eigenvalue weighted by atomic mass is 10.0. The van der Waals surface area contributed by atoms with E-state index in [9.17, 15) is 0 Å². The summed E-state index contributed by atoms with van der Waals surface area (Å²) in [5.74, 6) is 0. The van der Waals surface area contributed by atoms with Crippen LogP contribution in [0.5, 0.6) is 0 Å². The summed E-state index contributed by atoms with van der Waals surface area (Å²) in [6.45, 7) is 2.13. The molecule has 0 unspecified atom stereocenters. The molecule has 0 spiro atoms. The summed E-state index contributed by atoms with van der Waals surface area (Å²) in [6, 6.07) is 28.1. The Kier molecular flexibility index (Phi) is 3.58. The molecular formula is C24H17NS. The number of nitrogens with zero attached hydrogens (tertiary/aromatic N) is 1. The zero-order chi connectivity index (χ0) is 17.5. The average molecular weight is 351 g/mol. The van der Waals surface area contributed by atoms with Gasteiger partial charge in [-0.15, -0.1) is 11.3 Å². The summed E-state index contributed by atoms with van der Waals surface area (Å²) in [5, 5.41) is 2.68. The van der Waals surface area contributed by atoms with Gasteiger partial charge in [-0.25, -0.2) is 0 Å². The minimum absolute atomic E-state index is 1.03. The number of benzene rings is 3. The lowest BCUT2D eigenvalue weighted by molar-refractivity contribution is 1.31. The number of thiophene rings is 1. The molecule has 2 heterocycles. The molecule has 5 rings (SSSR count). The maximum Gasteiger partial charge on any atom is 0.0710 e. The van der Waals surface area contributed by atoms with Gasteiger partial charge in [-0.3, -0.25) is 4.98 Å². The smallest absolute Gasteiger partial charge is 0.0710 e. The van der Waals surface area contributed by atoms with Crippen molar-refractivity contribution >= 4 is 31.5 Å². The fraction of sp³-hybridized carbons (Fsp3) is 0.0417. The van der Waals surface area contributed by atoms with Gasteiger partial charge in [0.2, 0.25) is 0 Å². The summed E-state index contributed by atoms with van der Waals surface area (Å²) in [5.41, 5.74) is 5.91. The number of aryl methyl sites for hydroxylation is 1. The van der Waals surface area contributed by atoms with Crippen molar-refractivity contribution in [1.29, 1.82) is 0 Å². The third-order valence-electron chi connectivity index (χ3n) is 4.89. The van der Waals surface area contributed by atoms with Gasteiger partial charge in [0, 0.05) is 31.9 Å². The summed E-state index contributed by atoms with van der Waals surface area (Å²) >= 11 is 1.86. The predicted octanol–water partition coefficient (Wildman–Crippen LogP) is 7.09. The predicted molar refractivity (Wildman–Crippen MR) is 113 cm³/mol. The lowest BCUT2D eigenvalue weighted by Gasteiger charge is -2.08. The first kappa shape index (κ1) is 15.3. The van der Waals surface area contributed by atoms with Crippen LogP contribution in [0.2, 0.25) is 0 Å². The lowest BCUT2D eigenvalue weighted by Crippen LogP contribution is -1.88. The standard InChI is InChI=1S/C24H17NS/c1-16-6-2-3-7-19(16)22-14-18(12-13-25-22)17-10-11-21-20-8-4-5-9-23(20)26-24(21)15-17/h2-15H,1H3. The van der Waals surface area contributed by atoms with E-state index in [-0.39, 0.29) is 0 Å². The molecule has 0 aliphatic heterocycles. The molecule has 26 heavy (non-hydrogen) atoms. The molecule has 0 aliphatic carbocycles. The Balaban J connectivity index is 1.65. The number of aromatic nitrogens is 1. The Morgan fingerprint density at radius 3 is 2.38 bits per heavy atom. The normalized spacial score (nSPS) is 11.3. The largest absolute Gasteiger partial charge is 0.256 e. The van der Waals surface area contributed by atoms with Crippen LogP contribution in [0.25, 0.3) is 42.6 Å². The Bertz CT molecular complexity index is 1250. The maximum absolute atomic E-state index is 4.60. The third kappa shape index (κ3) is 2.51. The van der Waals surface area contributed by atoms with Crippen LogP contribution in [-0.4, -0.2) is 4.98 Å². The molecule has 2 heteroatoms. The molecule has 0 saturated carbocycles. The van der Waals surface area contributed by atoms with Crippen molar-refractivity contribution in [2.45, 2.75) is 6.92 Å². The van der Waals surface area contributed by atoms with Crippen molar-refractivity contribution in [3.8, 4) is 22.4 Å². The van der Waals surface area contributed by atoms with E-state index in [0.717, 1.165) is 5.69 Å². The first-order chi connectivity index (χ1) is 12.8. The fourth-order valence-corrected chi connectivity index (χ4v) is 4.67. The summed E-state index contributed by atoms with van der Waals surface area (Å²) < 4.78 is 2.67. The van der Waals surface area contributed by atoms with Crippen LogP contribution in [0.3, 0.4) is 0 Å². The Morgan fingerprint density at radius 1 is 0.692 bits per heavy atom. The van der Waals surface area contributed by atoms with Gasteiger partial charge in [0.05, 0.1) is 5.69 Å². The van der Waals surface area contributed by atoms with Gasteiger partial charge in [-0.05, 0) is 47.9 Å². The number of hydrogen-bond donors (Lipinski definition) is 0. The van der Waals surface area contributed by atoms with Crippen molar-refractivity contribution in [1.82, 2.24) is 4.98 Å². The molecule has 0 bridgehead atoms. The molecule has 124 valence electrons. The molecule has 0 atom stereocenters. The van der Waals surface area contributed by atoms with Gasteiger partial charge in [0.1, 0.15) is 0 Å². The number of fused-ring (bicyclic) bond motifs is 3. The van der Waals surface area contributed by atoms with Gasteiger partial charge in [0.15, 0.2) is 0 Å². The van der Waals surface area contributed by atoms with Crippen molar-refractivity contribution < 1.29 is 0 Å². The van der Waals surface area contributed by atoms with Crippen LogP contribution >= 0.6 is 11.3 Å². The van der Waals surface area contributed by atoms with Crippen LogP contribution in [0.1, 0.15) is 5.56 Å². The van der Waals surface area contributed by atoms with Gasteiger partial charge >= 0.3 is 0 Å². The number of pyridine rings is 1. The average Bonchev–Trinajstić information content (AvgIpc) is 3.06. The van der Waals surface area contributed by atoms with E-state index in [1.165, 1.54) is 42.4 Å². The molecular weight excluding hydrogens is 334 g/mol. The Labute approximate surface area is 156 Å². The van der Waals surface area contributed by atoms with Gasteiger partial charge in [0.25, 0.3) is 0 Å². The van der Waals surface area contributed by atoms with Crippen LogP contribution in [0.15, 0.2) is 85.1 Å². The van der Waals surface area contributed by atoms with Crippen molar-refractivity contribution in [3.63, 3.8) is 0 Å². The topological polar surface area (TPSA) is 12.9 Å². The van der Waals surface area contributed by atoms with E-state index in [1.54, 1.807) is 0 Å². The van der Waals surface area contributed by atoms with E-state index < -0.39 is 0 Å². The quantitative estimate of drug-likeness (QED) is 0.331. The Hall–Kier alpha value is -2.97. The molecule has 0 aliphatic rings. The zero-order valence-electron chi connectivity index (χ0n) is 14.4. The van der Waals surface area contributed by atoms with E-state index in [4.69, 9.17) is 0 Å². The van der Waals surface area contributed by atoms with Crippen molar-refractivity contribution in [3.05, 3.63) is 90.6 Å². The summed E-state index contributed by atoms with van der Waals surface area (Å²) in [6.07, 6.45) is 1.91. The second-order valence-corrected chi connectivity index (χ2v) is 7.64. The van der Waals surface area contributed by atoms with Gasteiger partial charge < -0.3 is 0 Å². The van der Waals surface area contributed by atoms with Gasteiger partial charge in [-0.1, -0.05) is 54.6 Å². The maximum atomic E-state index is 4.60. The van der Waals surface area contributed by atoms with E-state index in [1.807, 2.05) is 17.5 Å². The molecule has 5 aromatic rings. The molecule has 3 aromatic carbocycles. The highest BCUT2D eigenvalue weighted by atomic mass is 32.1. The second kappa shape index (κ2) is 6.08. The molecule has 0 radical (unpaired) electrons. The van der Waals surface area contributed by atoms with E-state index in [2.05, 4.69) is 90.8 Å². The first-order valence-corrected chi connectivity index (χ1v) is 9.55. The summed E-state index contributed by atoms with van der Waals surface area (Å²) in [4.78, 5) is 4.60. The highest BCUT2D eigenvalue weighted by Crippen LogP contribution is 2.36. The van der Waals surface area contributed by atoms with Crippen molar-refractivity contribution in [2.75, 3.05) is 0 Å². The Morgan fingerprint density at radius 2 is 1.46 bits per heavy atom. The van der Waals surface area contributed by atoms with Crippen molar-refractivity contribution in [2.24, 2.45) is 0 Å². The molecule has 2 aromatic heterocycles. The number of hydrogen-bond acceptors (Lipinski definition) is 2. The first-order valence-electron chi connectivity index (χ1n) is 8.73. The second-order valence-electron chi connectivity index (χ2n) is 6.55. The highest BCUT2D eigenvalue weighted by molar-refractivity contribution is 7.25. The minimum Gasteiger partial charge on any atom is -0.256 e. The molecule has 1 nitrogen and oxygen atoms in total. The fourth-order valence-electron chi connectivity index (χ4n) is 3.52. The van der Waals surface area contributed by atoms with Crippen LogP contribution in [-0.2, 0) is 0 Å². The van der Waals surface area contributed by atoms with Crippen LogP contribution in [0.4, 0.5) is 0 Å². The monoisotopic (exact) mass is 351 g/mol. The molecule has 0 N–H and O–H groups in total. The molecule has 0 fully saturated rings.